The van der Waals surface area contributed by atoms with Gasteiger partial charge in [0.2, 0.25) is 21.8 Å². The second-order valence-corrected chi connectivity index (χ2v) is 13.0. The molecule has 0 bridgehead atoms. The fourth-order valence-electron chi connectivity index (χ4n) is 4.73. The average molecular weight is 578 g/mol. The summed E-state index contributed by atoms with van der Waals surface area (Å²) < 4.78 is 26.9. The molecule has 41 heavy (non-hydrogen) atoms. The lowest BCUT2D eigenvalue weighted by atomic mass is 10.0. The average Bonchev–Trinajstić information content (AvgIpc) is 2.93. The third-order valence-corrected chi connectivity index (χ3v) is 8.12. The molecule has 0 aliphatic rings. The first-order chi connectivity index (χ1) is 19.5. The highest BCUT2D eigenvalue weighted by molar-refractivity contribution is 7.92. The number of nitrogens with zero attached hydrogens (tertiary/aromatic N) is 2. The summed E-state index contributed by atoms with van der Waals surface area (Å²) in [5, 5.41) is 3.03. The Morgan fingerprint density at radius 3 is 2.07 bits per heavy atom. The van der Waals surface area contributed by atoms with E-state index in [1.54, 1.807) is 4.90 Å². The minimum absolute atomic E-state index is 0.104. The molecule has 0 saturated heterocycles. The van der Waals surface area contributed by atoms with Crippen molar-refractivity contribution in [3.05, 3.63) is 101 Å². The van der Waals surface area contributed by atoms with E-state index in [2.05, 4.69) is 5.32 Å². The highest BCUT2D eigenvalue weighted by Gasteiger charge is 2.30. The highest BCUT2D eigenvalue weighted by atomic mass is 32.2. The van der Waals surface area contributed by atoms with Gasteiger partial charge in [0.05, 0.1) is 11.9 Å². The van der Waals surface area contributed by atoms with Crippen LogP contribution in [0.4, 0.5) is 5.69 Å². The molecule has 0 aliphatic heterocycles. The number of carbonyl (C=O) groups is 2. The Labute approximate surface area is 245 Å². The summed E-state index contributed by atoms with van der Waals surface area (Å²) in [6.45, 7) is 8.81. The molecule has 8 heteroatoms. The van der Waals surface area contributed by atoms with Gasteiger partial charge in [-0.2, -0.15) is 0 Å². The Morgan fingerprint density at radius 2 is 1.49 bits per heavy atom. The van der Waals surface area contributed by atoms with Crippen LogP contribution < -0.4 is 9.62 Å². The number of benzene rings is 3. The van der Waals surface area contributed by atoms with Crippen LogP contribution in [0.1, 0.15) is 48.9 Å². The van der Waals surface area contributed by atoms with Gasteiger partial charge in [-0.25, -0.2) is 8.42 Å². The van der Waals surface area contributed by atoms with Gasteiger partial charge in [0.25, 0.3) is 0 Å². The predicted molar refractivity (Wildman–Crippen MR) is 166 cm³/mol. The van der Waals surface area contributed by atoms with Crippen molar-refractivity contribution in [1.82, 2.24) is 10.2 Å². The van der Waals surface area contributed by atoms with E-state index in [1.165, 1.54) is 10.6 Å². The molecule has 1 N–H and O–H groups in total. The summed E-state index contributed by atoms with van der Waals surface area (Å²) in [6, 6.07) is 24.3. The minimum Gasteiger partial charge on any atom is -0.354 e. The molecular weight excluding hydrogens is 534 g/mol. The maximum absolute atomic E-state index is 13.9. The van der Waals surface area contributed by atoms with E-state index >= 15 is 0 Å². The maximum atomic E-state index is 13.9. The van der Waals surface area contributed by atoms with Crippen molar-refractivity contribution in [3.8, 4) is 0 Å². The lowest BCUT2D eigenvalue weighted by molar-refractivity contribution is -0.141. The molecule has 0 heterocycles. The third kappa shape index (κ3) is 9.74. The van der Waals surface area contributed by atoms with Crippen LogP contribution in [-0.2, 0) is 32.6 Å². The zero-order valence-electron chi connectivity index (χ0n) is 24.8. The van der Waals surface area contributed by atoms with Gasteiger partial charge in [0.1, 0.15) is 6.04 Å². The van der Waals surface area contributed by atoms with Crippen molar-refractivity contribution in [3.63, 3.8) is 0 Å². The number of amides is 2. The first-order valence-electron chi connectivity index (χ1n) is 14.2. The molecular formula is C33H43N3O4S. The summed E-state index contributed by atoms with van der Waals surface area (Å²) in [7, 11) is -3.57. The molecule has 2 amide bonds. The van der Waals surface area contributed by atoms with Crippen molar-refractivity contribution < 1.29 is 18.0 Å². The van der Waals surface area contributed by atoms with E-state index in [4.69, 9.17) is 0 Å². The van der Waals surface area contributed by atoms with Gasteiger partial charge in [0, 0.05) is 32.5 Å². The van der Waals surface area contributed by atoms with E-state index in [-0.39, 0.29) is 37.2 Å². The number of sulfonamides is 1. The fraction of sp³-hybridized carbons (Fsp3) is 0.394. The molecule has 0 aliphatic carbocycles. The summed E-state index contributed by atoms with van der Waals surface area (Å²) >= 11 is 0. The van der Waals surface area contributed by atoms with E-state index in [9.17, 15) is 18.0 Å². The number of hydrogen-bond acceptors (Lipinski definition) is 4. The van der Waals surface area contributed by atoms with Gasteiger partial charge in [-0.15, -0.1) is 0 Å². The van der Waals surface area contributed by atoms with Crippen LogP contribution in [0.5, 0.6) is 0 Å². The van der Waals surface area contributed by atoms with Crippen LogP contribution in [0.15, 0.2) is 78.9 Å². The Hall–Kier alpha value is -3.65. The van der Waals surface area contributed by atoms with E-state index in [0.29, 0.717) is 25.1 Å². The molecule has 220 valence electrons. The first-order valence-corrected chi connectivity index (χ1v) is 16.0. The smallest absolute Gasteiger partial charge is 0.243 e. The van der Waals surface area contributed by atoms with Crippen molar-refractivity contribution in [1.29, 1.82) is 0 Å². The topological polar surface area (TPSA) is 86.8 Å². The Morgan fingerprint density at radius 1 is 0.878 bits per heavy atom. The normalized spacial score (nSPS) is 12.1. The van der Waals surface area contributed by atoms with Gasteiger partial charge >= 0.3 is 0 Å². The summed E-state index contributed by atoms with van der Waals surface area (Å²) in [5.41, 5.74) is 4.31. The van der Waals surface area contributed by atoms with Gasteiger partial charge in [0.15, 0.2) is 0 Å². The SMILES string of the molecule is Cc1ccc(C)c(N(CCCC(=O)N(Cc2ccccc2)[C@H](Cc2ccccc2)C(=O)NCC(C)C)S(C)(=O)=O)c1. The minimum atomic E-state index is -3.57. The van der Waals surface area contributed by atoms with Crippen LogP contribution >= 0.6 is 0 Å². The van der Waals surface area contributed by atoms with Crippen molar-refractivity contribution in [2.45, 2.75) is 59.5 Å². The first kappa shape index (κ1) is 31.9. The largest absolute Gasteiger partial charge is 0.354 e. The molecule has 0 aromatic heterocycles. The Balaban J connectivity index is 1.87. The van der Waals surface area contributed by atoms with E-state index in [1.807, 2.05) is 107 Å². The van der Waals surface area contributed by atoms with E-state index < -0.39 is 16.1 Å². The molecule has 7 nitrogen and oxygen atoms in total. The predicted octanol–water partition coefficient (Wildman–Crippen LogP) is 5.26. The van der Waals surface area contributed by atoms with Crippen LogP contribution in [-0.4, -0.2) is 50.5 Å². The van der Waals surface area contributed by atoms with Crippen molar-refractivity contribution >= 4 is 27.5 Å². The zero-order chi connectivity index (χ0) is 30.0. The molecule has 0 spiro atoms. The number of aryl methyl sites for hydroxylation is 2. The zero-order valence-corrected chi connectivity index (χ0v) is 25.7. The molecule has 0 radical (unpaired) electrons. The summed E-state index contributed by atoms with van der Waals surface area (Å²) in [5.74, 6) is -0.120. The monoisotopic (exact) mass is 577 g/mol. The lowest BCUT2D eigenvalue weighted by Gasteiger charge is -2.32. The number of carbonyl (C=O) groups excluding carboxylic acids is 2. The molecule has 0 saturated carbocycles. The number of nitrogens with one attached hydrogen (secondary N) is 1. The van der Waals surface area contributed by atoms with Gasteiger partial charge in [-0.1, -0.05) is 86.6 Å². The highest BCUT2D eigenvalue weighted by Crippen LogP contribution is 2.25. The third-order valence-electron chi connectivity index (χ3n) is 6.94. The molecule has 1 atom stereocenters. The van der Waals surface area contributed by atoms with Crippen LogP contribution in [0.2, 0.25) is 0 Å². The lowest BCUT2D eigenvalue weighted by Crippen LogP contribution is -2.51. The molecule has 0 unspecified atom stereocenters. The van der Waals surface area contributed by atoms with E-state index in [0.717, 1.165) is 22.3 Å². The van der Waals surface area contributed by atoms with Crippen LogP contribution in [0.25, 0.3) is 0 Å². The molecule has 3 aromatic carbocycles. The fourth-order valence-corrected chi connectivity index (χ4v) is 5.74. The quantitative estimate of drug-likeness (QED) is 0.283. The number of hydrogen-bond donors (Lipinski definition) is 1. The Kier molecular flexibility index (Phi) is 11.5. The van der Waals surface area contributed by atoms with Crippen molar-refractivity contribution in [2.24, 2.45) is 5.92 Å². The van der Waals surface area contributed by atoms with Crippen LogP contribution in [0.3, 0.4) is 0 Å². The standard InChI is InChI=1S/C33H43N3O4S/c1-25(2)23-34-33(38)31(22-28-13-8-6-9-14-28)35(24-29-15-10-7-11-16-29)32(37)17-12-20-36(41(5,39)40)30-21-26(3)18-19-27(30)4/h6-11,13-16,18-19,21,25,31H,12,17,20,22-24H2,1-5H3,(H,34,38)/t31-/m1/s1. The molecule has 3 aromatic rings. The van der Waals surface area contributed by atoms with Crippen molar-refractivity contribution in [2.75, 3.05) is 23.7 Å². The molecule has 3 rings (SSSR count). The van der Waals surface area contributed by atoms with Gasteiger partial charge in [-0.3, -0.25) is 13.9 Å². The summed E-state index contributed by atoms with van der Waals surface area (Å²) in [4.78, 5) is 29.1. The second-order valence-electron chi connectivity index (χ2n) is 11.1. The molecule has 0 fully saturated rings. The van der Waals surface area contributed by atoms with Crippen LogP contribution in [0, 0.1) is 19.8 Å². The number of rotatable bonds is 14. The maximum Gasteiger partial charge on any atom is 0.243 e. The second kappa shape index (κ2) is 14.8. The number of anilines is 1. The van der Waals surface area contributed by atoms with Gasteiger partial charge < -0.3 is 10.2 Å². The van der Waals surface area contributed by atoms with Gasteiger partial charge in [-0.05, 0) is 54.5 Å². The summed E-state index contributed by atoms with van der Waals surface area (Å²) in [6.07, 6.45) is 1.98. The Bertz CT molecular complexity index is 1390.